The molecule has 0 aliphatic heterocycles. The molecule has 0 saturated carbocycles. The van der Waals surface area contributed by atoms with Gasteiger partial charge < -0.3 is 10.4 Å². The van der Waals surface area contributed by atoms with Crippen molar-refractivity contribution in [3.8, 4) is 0 Å². The Kier molecular flexibility index (Phi) is 15.2. The number of hydrogen-bond donors (Lipinski definition) is 2. The Hall–Kier alpha value is -0.570. The molecule has 3 nitrogen and oxygen atoms in total. The Morgan fingerprint density at radius 1 is 1.42 bits per heavy atom. The zero-order valence-electron chi connectivity index (χ0n) is 8.39. The summed E-state index contributed by atoms with van der Waals surface area (Å²) in [6, 6.07) is 0. The standard InChI is InChI=1S/C7H15NO2.C2H6/c1-2-3-4-7(10)8-5-6-9;1-2/h9H,2-6H2,1H3,(H,8,10);1-2H3. The van der Waals surface area contributed by atoms with Gasteiger partial charge in [0.05, 0.1) is 6.61 Å². The third-order valence-electron chi connectivity index (χ3n) is 1.19. The van der Waals surface area contributed by atoms with E-state index in [1.54, 1.807) is 0 Å². The van der Waals surface area contributed by atoms with E-state index in [2.05, 4.69) is 5.32 Å². The molecule has 0 aliphatic rings. The molecule has 0 aromatic rings. The second-order valence-corrected chi connectivity index (χ2v) is 2.18. The Bertz CT molecular complexity index is 84.5. The average molecular weight is 175 g/mol. The maximum Gasteiger partial charge on any atom is 0.220 e. The fourth-order valence-corrected chi connectivity index (χ4v) is 0.621. The first-order valence-electron chi connectivity index (χ1n) is 4.68. The normalized spacial score (nSPS) is 8.33. The van der Waals surface area contributed by atoms with Gasteiger partial charge in [-0.25, -0.2) is 0 Å². The van der Waals surface area contributed by atoms with Crippen LogP contribution in [0.3, 0.4) is 0 Å². The Morgan fingerprint density at radius 3 is 2.42 bits per heavy atom. The van der Waals surface area contributed by atoms with Gasteiger partial charge in [-0.1, -0.05) is 27.2 Å². The van der Waals surface area contributed by atoms with E-state index in [0.29, 0.717) is 13.0 Å². The van der Waals surface area contributed by atoms with Crippen molar-refractivity contribution in [2.75, 3.05) is 13.2 Å². The van der Waals surface area contributed by atoms with Crippen LogP contribution < -0.4 is 5.32 Å². The fourth-order valence-electron chi connectivity index (χ4n) is 0.621. The van der Waals surface area contributed by atoms with Crippen molar-refractivity contribution >= 4 is 5.91 Å². The van der Waals surface area contributed by atoms with E-state index in [0.717, 1.165) is 12.8 Å². The lowest BCUT2D eigenvalue weighted by atomic mass is 10.2. The number of aliphatic hydroxyl groups is 1. The van der Waals surface area contributed by atoms with Gasteiger partial charge in [0.1, 0.15) is 0 Å². The van der Waals surface area contributed by atoms with Crippen LogP contribution in [0.15, 0.2) is 0 Å². The number of amides is 1. The number of aliphatic hydroxyl groups excluding tert-OH is 1. The van der Waals surface area contributed by atoms with Crippen molar-refractivity contribution in [2.24, 2.45) is 0 Å². The maximum atomic E-state index is 10.7. The third kappa shape index (κ3) is 12.1. The molecule has 0 bridgehead atoms. The molecule has 0 aliphatic carbocycles. The monoisotopic (exact) mass is 175 g/mol. The predicted octanol–water partition coefficient (Wildman–Crippen LogP) is 1.31. The van der Waals surface area contributed by atoms with Gasteiger partial charge in [0, 0.05) is 13.0 Å². The van der Waals surface area contributed by atoms with Crippen LogP contribution in [0.5, 0.6) is 0 Å². The van der Waals surface area contributed by atoms with Crippen LogP contribution in [0, 0.1) is 0 Å². The van der Waals surface area contributed by atoms with Gasteiger partial charge >= 0.3 is 0 Å². The van der Waals surface area contributed by atoms with Crippen molar-refractivity contribution in [1.29, 1.82) is 0 Å². The van der Waals surface area contributed by atoms with Gasteiger partial charge in [-0.2, -0.15) is 0 Å². The van der Waals surface area contributed by atoms with Crippen molar-refractivity contribution in [2.45, 2.75) is 40.0 Å². The highest BCUT2D eigenvalue weighted by Crippen LogP contribution is 1.91. The SMILES string of the molecule is CC.CCCCC(=O)NCCO. The van der Waals surface area contributed by atoms with Gasteiger partial charge in [0.15, 0.2) is 0 Å². The van der Waals surface area contributed by atoms with Gasteiger partial charge in [-0.3, -0.25) is 4.79 Å². The lowest BCUT2D eigenvalue weighted by molar-refractivity contribution is -0.121. The number of rotatable bonds is 5. The first-order valence-corrected chi connectivity index (χ1v) is 4.68. The van der Waals surface area contributed by atoms with Crippen LogP contribution in [0.2, 0.25) is 0 Å². The summed E-state index contributed by atoms with van der Waals surface area (Å²) in [6.07, 6.45) is 2.54. The molecule has 0 rings (SSSR count). The molecule has 0 radical (unpaired) electrons. The van der Waals surface area contributed by atoms with E-state index in [-0.39, 0.29) is 12.5 Å². The van der Waals surface area contributed by atoms with Gasteiger partial charge in [0.25, 0.3) is 0 Å². The Morgan fingerprint density at radius 2 is 2.00 bits per heavy atom. The lowest BCUT2D eigenvalue weighted by Crippen LogP contribution is -2.25. The fraction of sp³-hybridized carbons (Fsp3) is 0.889. The topological polar surface area (TPSA) is 49.3 Å². The molecular formula is C9H21NO2. The Labute approximate surface area is 75.2 Å². The lowest BCUT2D eigenvalue weighted by Gasteiger charge is -2.00. The smallest absolute Gasteiger partial charge is 0.220 e. The van der Waals surface area contributed by atoms with Crippen LogP contribution in [-0.4, -0.2) is 24.2 Å². The number of carbonyl (C=O) groups excluding carboxylic acids is 1. The molecular weight excluding hydrogens is 154 g/mol. The quantitative estimate of drug-likeness (QED) is 0.662. The average Bonchev–Trinajstić information content (AvgIpc) is 2.14. The molecule has 0 atom stereocenters. The van der Waals surface area contributed by atoms with Crippen LogP contribution in [0.25, 0.3) is 0 Å². The highest BCUT2D eigenvalue weighted by molar-refractivity contribution is 5.75. The summed E-state index contributed by atoms with van der Waals surface area (Å²) in [6.45, 7) is 6.44. The molecule has 12 heavy (non-hydrogen) atoms. The number of carbonyl (C=O) groups is 1. The zero-order chi connectivity index (χ0) is 9.82. The van der Waals surface area contributed by atoms with E-state index in [1.807, 2.05) is 20.8 Å². The second-order valence-electron chi connectivity index (χ2n) is 2.18. The molecule has 2 N–H and O–H groups in total. The molecule has 3 heteroatoms. The van der Waals surface area contributed by atoms with Crippen molar-refractivity contribution in [3.63, 3.8) is 0 Å². The summed E-state index contributed by atoms with van der Waals surface area (Å²) in [5, 5.41) is 10.9. The molecule has 0 unspecified atom stereocenters. The minimum Gasteiger partial charge on any atom is -0.395 e. The first-order chi connectivity index (χ1) is 5.81. The van der Waals surface area contributed by atoms with Gasteiger partial charge in [-0.15, -0.1) is 0 Å². The molecule has 0 aromatic heterocycles. The minimum absolute atomic E-state index is 0.0257. The van der Waals surface area contributed by atoms with Crippen molar-refractivity contribution < 1.29 is 9.90 Å². The van der Waals surface area contributed by atoms with Crippen molar-refractivity contribution in [3.05, 3.63) is 0 Å². The summed E-state index contributed by atoms with van der Waals surface area (Å²) in [7, 11) is 0. The predicted molar refractivity (Wildman–Crippen MR) is 51.0 cm³/mol. The summed E-state index contributed by atoms with van der Waals surface area (Å²) in [5.41, 5.74) is 0. The molecule has 0 aromatic carbocycles. The van der Waals surface area contributed by atoms with Crippen LogP contribution in [0.4, 0.5) is 0 Å². The van der Waals surface area contributed by atoms with E-state index in [9.17, 15) is 4.79 Å². The largest absolute Gasteiger partial charge is 0.395 e. The molecule has 0 heterocycles. The van der Waals surface area contributed by atoms with E-state index < -0.39 is 0 Å². The zero-order valence-corrected chi connectivity index (χ0v) is 8.39. The number of nitrogens with one attached hydrogen (secondary N) is 1. The first kappa shape index (κ1) is 14.0. The third-order valence-corrected chi connectivity index (χ3v) is 1.19. The summed E-state index contributed by atoms with van der Waals surface area (Å²) in [5.74, 6) is 0.0379. The summed E-state index contributed by atoms with van der Waals surface area (Å²) >= 11 is 0. The molecule has 74 valence electrons. The minimum atomic E-state index is 0.0257. The molecule has 1 amide bonds. The van der Waals surface area contributed by atoms with E-state index in [1.165, 1.54) is 0 Å². The van der Waals surface area contributed by atoms with Crippen molar-refractivity contribution in [1.82, 2.24) is 5.32 Å². The van der Waals surface area contributed by atoms with E-state index >= 15 is 0 Å². The summed E-state index contributed by atoms with van der Waals surface area (Å²) in [4.78, 5) is 10.7. The Balaban J connectivity index is 0. The van der Waals surface area contributed by atoms with Crippen LogP contribution in [-0.2, 0) is 4.79 Å². The molecule has 0 spiro atoms. The van der Waals surface area contributed by atoms with Gasteiger partial charge in [-0.05, 0) is 6.42 Å². The summed E-state index contributed by atoms with van der Waals surface area (Å²) < 4.78 is 0. The number of unbranched alkanes of at least 4 members (excludes halogenated alkanes) is 1. The van der Waals surface area contributed by atoms with Crippen LogP contribution >= 0.6 is 0 Å². The highest BCUT2D eigenvalue weighted by atomic mass is 16.3. The number of hydrogen-bond acceptors (Lipinski definition) is 2. The maximum absolute atomic E-state index is 10.7. The molecule has 0 fully saturated rings. The van der Waals surface area contributed by atoms with Crippen LogP contribution in [0.1, 0.15) is 40.0 Å². The second kappa shape index (κ2) is 13.1. The molecule has 0 saturated heterocycles. The van der Waals surface area contributed by atoms with E-state index in [4.69, 9.17) is 5.11 Å². The highest BCUT2D eigenvalue weighted by Gasteiger charge is 1.96. The van der Waals surface area contributed by atoms with Gasteiger partial charge in [0.2, 0.25) is 5.91 Å².